The summed E-state index contributed by atoms with van der Waals surface area (Å²) in [6.45, 7) is 1.84. The van der Waals surface area contributed by atoms with Gasteiger partial charge in [-0.1, -0.05) is 0 Å². The quantitative estimate of drug-likeness (QED) is 0.824. The summed E-state index contributed by atoms with van der Waals surface area (Å²) in [4.78, 5) is 9.12. The molecule has 19 heavy (non-hydrogen) atoms. The highest BCUT2D eigenvalue weighted by Crippen LogP contribution is 2.38. The zero-order chi connectivity index (χ0) is 13.1. The molecule has 2 aliphatic rings. The summed E-state index contributed by atoms with van der Waals surface area (Å²) in [6, 6.07) is 1.97. The normalized spacial score (nSPS) is 22.5. The van der Waals surface area contributed by atoms with Crippen LogP contribution in [0.5, 0.6) is 0 Å². The highest BCUT2D eigenvalue weighted by molar-refractivity contribution is 5.47. The lowest BCUT2D eigenvalue weighted by atomic mass is 10.2. The predicted molar refractivity (Wildman–Crippen MR) is 75.6 cm³/mol. The zero-order valence-corrected chi connectivity index (χ0v) is 11.5. The molecule has 0 amide bonds. The lowest BCUT2D eigenvalue weighted by molar-refractivity contribution is 0.107. The Balaban J connectivity index is 1.57. The average Bonchev–Trinajstić information content (AvgIpc) is 3.17. The lowest BCUT2D eigenvalue weighted by Crippen LogP contribution is -2.14. The number of ether oxygens (including phenoxy) is 1. The van der Waals surface area contributed by atoms with Gasteiger partial charge in [-0.3, -0.25) is 0 Å². The third kappa shape index (κ3) is 3.35. The van der Waals surface area contributed by atoms with Crippen LogP contribution in [0, 0.1) is 0 Å². The van der Waals surface area contributed by atoms with Gasteiger partial charge in [0.25, 0.3) is 0 Å². The molecule has 1 saturated heterocycles. The van der Waals surface area contributed by atoms with E-state index in [-0.39, 0.29) is 0 Å². The number of nitrogens with zero attached hydrogens (tertiary/aromatic N) is 2. The van der Waals surface area contributed by atoms with Crippen LogP contribution in [0.2, 0.25) is 0 Å². The van der Waals surface area contributed by atoms with E-state index < -0.39 is 0 Å². The third-order valence-electron chi connectivity index (χ3n) is 3.74. The molecule has 1 aromatic heterocycles. The van der Waals surface area contributed by atoms with Crippen molar-refractivity contribution in [3.63, 3.8) is 0 Å². The number of nitrogens with one attached hydrogen (secondary N) is 2. The fraction of sp³-hybridized carbons (Fsp3) is 0.714. The molecular formula is C14H22N4O. The van der Waals surface area contributed by atoms with E-state index in [4.69, 9.17) is 4.74 Å². The maximum Gasteiger partial charge on any atom is 0.136 e. The highest BCUT2D eigenvalue weighted by atomic mass is 16.5. The van der Waals surface area contributed by atoms with Crippen molar-refractivity contribution in [2.24, 2.45) is 0 Å². The Bertz CT molecular complexity index is 427. The van der Waals surface area contributed by atoms with Crippen molar-refractivity contribution in [2.45, 2.75) is 44.1 Å². The Morgan fingerprint density at radius 2 is 2.11 bits per heavy atom. The molecule has 1 aromatic rings. The first kappa shape index (κ1) is 12.7. The predicted octanol–water partition coefficient (Wildman–Crippen LogP) is 2.38. The van der Waals surface area contributed by atoms with Crippen LogP contribution in [0.1, 0.15) is 43.8 Å². The maximum atomic E-state index is 5.62. The van der Waals surface area contributed by atoms with Crippen LogP contribution in [0.3, 0.4) is 0 Å². The van der Waals surface area contributed by atoms with Crippen molar-refractivity contribution in [2.75, 3.05) is 30.8 Å². The Kier molecular flexibility index (Phi) is 3.82. The van der Waals surface area contributed by atoms with Crippen LogP contribution in [0.15, 0.2) is 6.07 Å². The first-order valence-corrected chi connectivity index (χ1v) is 7.27. The fourth-order valence-corrected chi connectivity index (χ4v) is 2.44. The van der Waals surface area contributed by atoms with Gasteiger partial charge in [-0.25, -0.2) is 9.97 Å². The van der Waals surface area contributed by atoms with Crippen molar-refractivity contribution in [1.29, 1.82) is 0 Å². The van der Waals surface area contributed by atoms with Crippen molar-refractivity contribution >= 4 is 11.6 Å². The second-order valence-corrected chi connectivity index (χ2v) is 5.37. The summed E-state index contributed by atoms with van der Waals surface area (Å²) in [5.41, 5.74) is 0. The lowest BCUT2D eigenvalue weighted by Gasteiger charge is -2.12. The molecule has 2 fully saturated rings. The average molecular weight is 262 g/mol. The molecule has 2 N–H and O–H groups in total. The van der Waals surface area contributed by atoms with E-state index in [2.05, 4.69) is 20.6 Å². The number of hydrogen-bond donors (Lipinski definition) is 2. The van der Waals surface area contributed by atoms with Gasteiger partial charge in [-0.15, -0.1) is 0 Å². The van der Waals surface area contributed by atoms with Gasteiger partial charge in [-0.05, 0) is 32.1 Å². The van der Waals surface area contributed by atoms with Crippen LogP contribution in [-0.4, -0.2) is 36.3 Å². The standard InChI is InChI=1S/C14H22N4O/c1-15-12-9-13(18-14(17-12)10-4-5-10)16-7-6-11-3-2-8-19-11/h9-11H,2-8H2,1H3,(H2,15,16,17,18). The first-order chi connectivity index (χ1) is 9.35. The molecule has 0 aromatic carbocycles. The molecule has 0 radical (unpaired) electrons. The SMILES string of the molecule is CNc1cc(NCCC2CCCO2)nc(C2CC2)n1. The molecule has 1 unspecified atom stereocenters. The molecule has 2 heterocycles. The Labute approximate surface area is 114 Å². The monoisotopic (exact) mass is 262 g/mol. The number of aromatic nitrogens is 2. The van der Waals surface area contributed by atoms with E-state index in [1.165, 1.54) is 25.7 Å². The van der Waals surface area contributed by atoms with Crippen LogP contribution in [-0.2, 0) is 4.74 Å². The van der Waals surface area contributed by atoms with E-state index in [1.807, 2.05) is 13.1 Å². The Morgan fingerprint density at radius 1 is 1.26 bits per heavy atom. The van der Waals surface area contributed by atoms with Crippen molar-refractivity contribution in [1.82, 2.24) is 9.97 Å². The van der Waals surface area contributed by atoms with E-state index in [9.17, 15) is 0 Å². The summed E-state index contributed by atoms with van der Waals surface area (Å²) in [5, 5.41) is 6.50. The second-order valence-electron chi connectivity index (χ2n) is 5.37. The largest absolute Gasteiger partial charge is 0.378 e. The molecule has 1 aliphatic carbocycles. The smallest absolute Gasteiger partial charge is 0.136 e. The Hall–Kier alpha value is -1.36. The number of hydrogen-bond acceptors (Lipinski definition) is 5. The van der Waals surface area contributed by atoms with E-state index in [1.54, 1.807) is 0 Å². The van der Waals surface area contributed by atoms with Crippen LogP contribution in [0.4, 0.5) is 11.6 Å². The molecule has 3 rings (SSSR count). The first-order valence-electron chi connectivity index (χ1n) is 7.27. The summed E-state index contributed by atoms with van der Waals surface area (Å²) < 4.78 is 5.62. The summed E-state index contributed by atoms with van der Waals surface area (Å²) >= 11 is 0. The molecule has 1 aliphatic heterocycles. The zero-order valence-electron chi connectivity index (χ0n) is 11.5. The molecule has 0 spiro atoms. The second kappa shape index (κ2) is 5.74. The maximum absolute atomic E-state index is 5.62. The van der Waals surface area contributed by atoms with Gasteiger partial charge in [-0.2, -0.15) is 0 Å². The third-order valence-corrected chi connectivity index (χ3v) is 3.74. The minimum atomic E-state index is 0.431. The highest BCUT2D eigenvalue weighted by Gasteiger charge is 2.27. The van der Waals surface area contributed by atoms with E-state index in [0.29, 0.717) is 12.0 Å². The van der Waals surface area contributed by atoms with Crippen LogP contribution >= 0.6 is 0 Å². The summed E-state index contributed by atoms with van der Waals surface area (Å²) in [7, 11) is 1.90. The van der Waals surface area contributed by atoms with Crippen molar-refractivity contribution in [3.05, 3.63) is 11.9 Å². The summed E-state index contributed by atoms with van der Waals surface area (Å²) in [5.74, 6) is 3.38. The minimum absolute atomic E-state index is 0.431. The van der Waals surface area contributed by atoms with Gasteiger partial charge in [0.15, 0.2) is 0 Å². The Morgan fingerprint density at radius 3 is 2.79 bits per heavy atom. The van der Waals surface area contributed by atoms with Gasteiger partial charge >= 0.3 is 0 Å². The van der Waals surface area contributed by atoms with Gasteiger partial charge in [0.2, 0.25) is 0 Å². The van der Waals surface area contributed by atoms with Gasteiger partial charge < -0.3 is 15.4 Å². The molecule has 104 valence electrons. The molecular weight excluding hydrogens is 240 g/mol. The van der Waals surface area contributed by atoms with Crippen molar-refractivity contribution < 1.29 is 4.74 Å². The summed E-state index contributed by atoms with van der Waals surface area (Å²) in [6.07, 6.45) is 6.33. The van der Waals surface area contributed by atoms with Crippen LogP contribution in [0.25, 0.3) is 0 Å². The van der Waals surface area contributed by atoms with E-state index in [0.717, 1.165) is 37.0 Å². The topological polar surface area (TPSA) is 59.1 Å². The van der Waals surface area contributed by atoms with Gasteiger partial charge in [0.1, 0.15) is 17.5 Å². The minimum Gasteiger partial charge on any atom is -0.378 e. The molecule has 5 heteroatoms. The molecule has 5 nitrogen and oxygen atoms in total. The fourth-order valence-electron chi connectivity index (χ4n) is 2.44. The number of rotatable bonds is 6. The number of anilines is 2. The van der Waals surface area contributed by atoms with Gasteiger partial charge in [0.05, 0.1) is 6.10 Å². The van der Waals surface area contributed by atoms with Crippen LogP contribution < -0.4 is 10.6 Å². The van der Waals surface area contributed by atoms with Crippen molar-refractivity contribution in [3.8, 4) is 0 Å². The molecule has 1 saturated carbocycles. The molecule has 0 bridgehead atoms. The molecule has 1 atom stereocenters. The van der Waals surface area contributed by atoms with Gasteiger partial charge in [0, 0.05) is 32.2 Å². The van der Waals surface area contributed by atoms with E-state index >= 15 is 0 Å².